The summed E-state index contributed by atoms with van der Waals surface area (Å²) in [6, 6.07) is 6.08. The van der Waals surface area contributed by atoms with E-state index < -0.39 is 0 Å². The van der Waals surface area contributed by atoms with Gasteiger partial charge >= 0.3 is 0 Å². The van der Waals surface area contributed by atoms with E-state index in [0.29, 0.717) is 0 Å². The fraction of sp³-hybridized carbons (Fsp3) is 0.250. The minimum atomic E-state index is 0. The molecule has 68 valence electrons. The summed E-state index contributed by atoms with van der Waals surface area (Å²) in [6.45, 7) is 1.97. The van der Waals surface area contributed by atoms with Gasteiger partial charge < -0.3 is 11.1 Å². The molecule has 3 N–H and O–H groups in total. The molecule has 1 aromatic carbocycles. The van der Waals surface area contributed by atoms with Crippen LogP contribution in [0.2, 0.25) is 0 Å². The van der Waals surface area contributed by atoms with Crippen molar-refractivity contribution in [3.05, 3.63) is 29.3 Å². The summed E-state index contributed by atoms with van der Waals surface area (Å²) in [7, 11) is 0. The van der Waals surface area contributed by atoms with Crippen LogP contribution in [0.15, 0.2) is 18.2 Å². The van der Waals surface area contributed by atoms with Gasteiger partial charge in [-0.15, -0.1) is 24.8 Å². The maximum Gasteiger partial charge on any atom is 0.0317 e. The number of benzene rings is 1. The molecule has 0 saturated carbocycles. The highest BCUT2D eigenvalue weighted by Crippen LogP contribution is 2.17. The highest BCUT2D eigenvalue weighted by atomic mass is 35.5. The molecule has 0 aromatic heterocycles. The molecule has 0 bridgehead atoms. The van der Waals surface area contributed by atoms with E-state index in [4.69, 9.17) is 5.73 Å². The number of rotatable bonds is 0. The van der Waals surface area contributed by atoms with Crippen LogP contribution in [-0.2, 0) is 13.1 Å². The third kappa shape index (κ3) is 2.03. The minimum Gasteiger partial charge on any atom is -0.399 e. The highest BCUT2D eigenvalue weighted by Gasteiger charge is 2.08. The zero-order chi connectivity index (χ0) is 6.97. The Hall–Kier alpha value is -0.440. The molecule has 0 spiro atoms. The van der Waals surface area contributed by atoms with Gasteiger partial charge in [0.2, 0.25) is 0 Å². The van der Waals surface area contributed by atoms with Crippen molar-refractivity contribution in [2.45, 2.75) is 13.1 Å². The van der Waals surface area contributed by atoms with Gasteiger partial charge in [0.05, 0.1) is 0 Å². The Bertz CT molecular complexity index is 263. The van der Waals surface area contributed by atoms with Crippen LogP contribution < -0.4 is 11.1 Å². The molecule has 0 atom stereocenters. The Morgan fingerprint density at radius 2 is 1.75 bits per heavy atom. The van der Waals surface area contributed by atoms with Crippen LogP contribution in [0, 0.1) is 0 Å². The van der Waals surface area contributed by atoms with Crippen molar-refractivity contribution in [3.63, 3.8) is 0 Å². The molecule has 1 aliphatic rings. The molecule has 12 heavy (non-hydrogen) atoms. The van der Waals surface area contributed by atoms with E-state index in [1.54, 1.807) is 0 Å². The Morgan fingerprint density at radius 3 is 2.50 bits per heavy atom. The van der Waals surface area contributed by atoms with Crippen molar-refractivity contribution in [1.29, 1.82) is 0 Å². The predicted molar refractivity (Wildman–Crippen MR) is 55.9 cm³/mol. The normalized spacial score (nSPS) is 12.7. The summed E-state index contributed by atoms with van der Waals surface area (Å²) in [5.41, 5.74) is 9.20. The number of hydrogen-bond acceptors (Lipinski definition) is 2. The fourth-order valence-electron chi connectivity index (χ4n) is 1.31. The standard InChI is InChI=1S/C8H10N2.2ClH/c9-8-2-1-6-4-10-5-7(6)3-8;;/h1-3,10H,4-5,9H2;2*1H. The van der Waals surface area contributed by atoms with Gasteiger partial charge in [-0.3, -0.25) is 0 Å². The molecule has 0 saturated heterocycles. The fourth-order valence-corrected chi connectivity index (χ4v) is 1.31. The van der Waals surface area contributed by atoms with Crippen molar-refractivity contribution >= 4 is 30.5 Å². The van der Waals surface area contributed by atoms with E-state index >= 15 is 0 Å². The molecule has 0 amide bonds. The lowest BCUT2D eigenvalue weighted by Crippen LogP contribution is -1.99. The van der Waals surface area contributed by atoms with E-state index in [1.165, 1.54) is 11.1 Å². The van der Waals surface area contributed by atoms with Gasteiger partial charge in [0.25, 0.3) is 0 Å². The summed E-state index contributed by atoms with van der Waals surface area (Å²) >= 11 is 0. The second kappa shape index (κ2) is 4.55. The molecule has 0 radical (unpaired) electrons. The van der Waals surface area contributed by atoms with Gasteiger partial charge in [-0.05, 0) is 23.3 Å². The summed E-state index contributed by atoms with van der Waals surface area (Å²) in [4.78, 5) is 0. The molecular weight excluding hydrogens is 195 g/mol. The van der Waals surface area contributed by atoms with E-state index in [2.05, 4.69) is 11.4 Å². The highest BCUT2D eigenvalue weighted by molar-refractivity contribution is 5.85. The second-order valence-electron chi connectivity index (χ2n) is 2.63. The van der Waals surface area contributed by atoms with Crippen LogP contribution in [-0.4, -0.2) is 0 Å². The van der Waals surface area contributed by atoms with Crippen LogP contribution >= 0.6 is 24.8 Å². The minimum absolute atomic E-state index is 0. The number of anilines is 1. The van der Waals surface area contributed by atoms with Gasteiger partial charge in [0, 0.05) is 18.8 Å². The largest absolute Gasteiger partial charge is 0.399 e. The van der Waals surface area contributed by atoms with Crippen LogP contribution in [0.3, 0.4) is 0 Å². The molecule has 0 aliphatic carbocycles. The van der Waals surface area contributed by atoms with Crippen molar-refractivity contribution in [3.8, 4) is 0 Å². The third-order valence-corrected chi connectivity index (χ3v) is 1.86. The number of fused-ring (bicyclic) bond motifs is 1. The van der Waals surface area contributed by atoms with Crippen LogP contribution in [0.25, 0.3) is 0 Å². The Balaban J connectivity index is 0.000000605. The van der Waals surface area contributed by atoms with Crippen molar-refractivity contribution < 1.29 is 0 Å². The Labute approximate surface area is 84.4 Å². The first kappa shape index (κ1) is 11.6. The van der Waals surface area contributed by atoms with Crippen LogP contribution in [0.4, 0.5) is 5.69 Å². The van der Waals surface area contributed by atoms with Gasteiger partial charge in [0.1, 0.15) is 0 Å². The molecule has 1 heterocycles. The SMILES string of the molecule is Cl.Cl.Nc1ccc2c(c1)CNC2. The maximum absolute atomic E-state index is 5.60. The Morgan fingerprint density at radius 1 is 1.08 bits per heavy atom. The first-order valence-corrected chi connectivity index (χ1v) is 3.44. The van der Waals surface area contributed by atoms with Crippen molar-refractivity contribution in [2.24, 2.45) is 0 Å². The quantitative estimate of drug-likeness (QED) is 0.635. The van der Waals surface area contributed by atoms with Gasteiger partial charge in [-0.2, -0.15) is 0 Å². The van der Waals surface area contributed by atoms with Crippen LogP contribution in [0.1, 0.15) is 11.1 Å². The number of nitrogen functional groups attached to an aromatic ring is 1. The molecule has 0 fully saturated rings. The first-order chi connectivity index (χ1) is 4.86. The van der Waals surface area contributed by atoms with E-state index in [0.717, 1.165) is 18.8 Å². The second-order valence-corrected chi connectivity index (χ2v) is 2.63. The molecule has 0 unspecified atom stereocenters. The first-order valence-electron chi connectivity index (χ1n) is 3.44. The number of halogens is 2. The van der Waals surface area contributed by atoms with Crippen molar-refractivity contribution in [2.75, 3.05) is 5.73 Å². The molecule has 2 nitrogen and oxygen atoms in total. The summed E-state index contributed by atoms with van der Waals surface area (Å²) in [5.74, 6) is 0. The zero-order valence-corrected chi connectivity index (χ0v) is 8.17. The predicted octanol–water partition coefficient (Wildman–Crippen LogP) is 1.72. The smallest absolute Gasteiger partial charge is 0.0317 e. The number of nitrogens with two attached hydrogens (primary N) is 1. The van der Waals surface area contributed by atoms with Gasteiger partial charge in [-0.1, -0.05) is 6.07 Å². The van der Waals surface area contributed by atoms with Crippen molar-refractivity contribution in [1.82, 2.24) is 5.32 Å². The lowest BCUT2D eigenvalue weighted by atomic mass is 10.1. The maximum atomic E-state index is 5.60. The van der Waals surface area contributed by atoms with Gasteiger partial charge in [0.15, 0.2) is 0 Å². The summed E-state index contributed by atoms with van der Waals surface area (Å²) < 4.78 is 0. The van der Waals surface area contributed by atoms with E-state index in [9.17, 15) is 0 Å². The van der Waals surface area contributed by atoms with Gasteiger partial charge in [-0.25, -0.2) is 0 Å². The average molecular weight is 207 g/mol. The lowest BCUT2D eigenvalue weighted by Gasteiger charge is -1.97. The molecule has 4 heteroatoms. The van der Waals surface area contributed by atoms with E-state index in [1.807, 2.05) is 12.1 Å². The Kier molecular flexibility index (Phi) is 4.39. The molecule has 2 rings (SSSR count). The van der Waals surface area contributed by atoms with Crippen LogP contribution in [0.5, 0.6) is 0 Å². The lowest BCUT2D eigenvalue weighted by molar-refractivity contribution is 0.765. The molecule has 1 aliphatic heterocycles. The zero-order valence-electron chi connectivity index (χ0n) is 6.54. The number of nitrogens with one attached hydrogen (secondary N) is 1. The third-order valence-electron chi connectivity index (χ3n) is 1.86. The number of hydrogen-bond donors (Lipinski definition) is 2. The summed E-state index contributed by atoms with van der Waals surface area (Å²) in [6.07, 6.45) is 0. The average Bonchev–Trinajstić information content (AvgIpc) is 2.33. The van der Waals surface area contributed by atoms with E-state index in [-0.39, 0.29) is 24.8 Å². The molecular formula is C8H12Cl2N2. The summed E-state index contributed by atoms with van der Waals surface area (Å²) in [5, 5.41) is 3.26. The monoisotopic (exact) mass is 206 g/mol. The topological polar surface area (TPSA) is 38.0 Å². The molecule has 1 aromatic rings.